The van der Waals surface area contributed by atoms with E-state index in [-0.39, 0.29) is 17.2 Å². The number of nitrogens with zero attached hydrogens (tertiary/aromatic N) is 3. The highest BCUT2D eigenvalue weighted by Crippen LogP contribution is 2.21. The molecule has 1 amide bonds. The Kier molecular flexibility index (Phi) is 5.59. The lowest BCUT2D eigenvalue weighted by Gasteiger charge is -2.12. The van der Waals surface area contributed by atoms with Crippen LogP contribution in [-0.2, 0) is 4.79 Å². The summed E-state index contributed by atoms with van der Waals surface area (Å²) < 4.78 is 1.50. The first-order valence-electron chi connectivity index (χ1n) is 8.73. The summed E-state index contributed by atoms with van der Waals surface area (Å²) in [6.45, 7) is 0. The second kappa shape index (κ2) is 8.46. The average molecular weight is 423 g/mol. The number of thioether (sulfide) groups is 1. The van der Waals surface area contributed by atoms with E-state index in [1.807, 2.05) is 30.3 Å². The van der Waals surface area contributed by atoms with E-state index >= 15 is 0 Å². The lowest BCUT2D eigenvalue weighted by molar-refractivity contribution is -0.113. The number of anilines is 1. The Bertz CT molecular complexity index is 1240. The molecule has 1 N–H and O–H groups in total. The van der Waals surface area contributed by atoms with Gasteiger partial charge in [0, 0.05) is 16.9 Å². The first kappa shape index (κ1) is 19.2. The molecule has 0 saturated heterocycles. The minimum absolute atomic E-state index is 0.0735. The Balaban J connectivity index is 1.66. The summed E-state index contributed by atoms with van der Waals surface area (Å²) >= 11 is 7.12. The van der Waals surface area contributed by atoms with Gasteiger partial charge >= 0.3 is 0 Å². The largest absolute Gasteiger partial charge is 0.325 e. The van der Waals surface area contributed by atoms with E-state index < -0.39 is 0 Å². The Morgan fingerprint density at radius 3 is 2.69 bits per heavy atom. The Hall–Kier alpha value is -3.16. The maximum atomic E-state index is 13.1. The average Bonchev–Trinajstić information content (AvgIpc) is 2.73. The number of carbonyl (C=O) groups is 1. The van der Waals surface area contributed by atoms with E-state index in [2.05, 4.69) is 15.3 Å². The van der Waals surface area contributed by atoms with E-state index in [1.165, 1.54) is 16.3 Å². The molecule has 4 aromatic rings. The van der Waals surface area contributed by atoms with E-state index in [0.29, 0.717) is 32.6 Å². The summed E-state index contributed by atoms with van der Waals surface area (Å²) in [5, 5.41) is 4.14. The minimum atomic E-state index is -0.230. The monoisotopic (exact) mass is 422 g/mol. The fourth-order valence-corrected chi connectivity index (χ4v) is 3.79. The van der Waals surface area contributed by atoms with Gasteiger partial charge in [-0.15, -0.1) is 0 Å². The third-order valence-corrected chi connectivity index (χ3v) is 5.24. The van der Waals surface area contributed by atoms with Crippen LogP contribution in [0.15, 0.2) is 82.9 Å². The van der Waals surface area contributed by atoms with E-state index in [4.69, 9.17) is 11.6 Å². The molecular formula is C21H15ClN4O2S. The zero-order valence-electron chi connectivity index (χ0n) is 15.1. The number of rotatable bonds is 5. The molecule has 2 heterocycles. The van der Waals surface area contributed by atoms with E-state index in [0.717, 1.165) is 0 Å². The number of amides is 1. The van der Waals surface area contributed by atoms with Gasteiger partial charge in [-0.1, -0.05) is 47.6 Å². The maximum Gasteiger partial charge on any atom is 0.268 e. The predicted molar refractivity (Wildman–Crippen MR) is 116 cm³/mol. The summed E-state index contributed by atoms with van der Waals surface area (Å²) in [5.41, 5.74) is 1.40. The van der Waals surface area contributed by atoms with E-state index in [9.17, 15) is 9.59 Å². The lowest BCUT2D eigenvalue weighted by Crippen LogP contribution is -2.23. The van der Waals surface area contributed by atoms with Gasteiger partial charge in [-0.2, -0.15) is 0 Å². The molecule has 8 heteroatoms. The Morgan fingerprint density at radius 2 is 1.90 bits per heavy atom. The molecule has 4 rings (SSSR count). The molecule has 0 aliphatic carbocycles. The van der Waals surface area contributed by atoms with Crippen molar-refractivity contribution in [3.63, 3.8) is 0 Å². The fraction of sp³-hybridized carbons (Fsp3) is 0.0476. The normalized spacial score (nSPS) is 10.8. The highest BCUT2D eigenvalue weighted by atomic mass is 35.5. The highest BCUT2D eigenvalue weighted by molar-refractivity contribution is 7.99. The van der Waals surface area contributed by atoms with Gasteiger partial charge in [0.1, 0.15) is 0 Å². The van der Waals surface area contributed by atoms with Gasteiger partial charge in [0.2, 0.25) is 5.91 Å². The van der Waals surface area contributed by atoms with Crippen molar-refractivity contribution in [2.75, 3.05) is 11.1 Å². The number of carbonyl (C=O) groups excluding carboxylic acids is 1. The van der Waals surface area contributed by atoms with Crippen molar-refractivity contribution in [1.82, 2.24) is 14.5 Å². The van der Waals surface area contributed by atoms with Gasteiger partial charge in [-0.25, -0.2) is 9.97 Å². The first-order valence-corrected chi connectivity index (χ1v) is 10.1. The molecule has 2 aromatic carbocycles. The molecule has 0 fully saturated rings. The van der Waals surface area contributed by atoms with Crippen LogP contribution in [0.1, 0.15) is 0 Å². The molecule has 29 heavy (non-hydrogen) atoms. The molecule has 0 atom stereocenters. The molecule has 6 nitrogen and oxygen atoms in total. The first-order chi connectivity index (χ1) is 14.1. The third kappa shape index (κ3) is 4.31. The van der Waals surface area contributed by atoms with Crippen LogP contribution in [0.5, 0.6) is 0 Å². The summed E-state index contributed by atoms with van der Waals surface area (Å²) in [5.74, 6) is -0.156. The lowest BCUT2D eigenvalue weighted by atomic mass is 10.3. The predicted octanol–water partition coefficient (Wildman–Crippen LogP) is 4.16. The Morgan fingerprint density at radius 1 is 1.07 bits per heavy atom. The van der Waals surface area contributed by atoms with Crippen molar-refractivity contribution in [2.24, 2.45) is 0 Å². The van der Waals surface area contributed by atoms with Gasteiger partial charge < -0.3 is 5.32 Å². The van der Waals surface area contributed by atoms with Gasteiger partial charge in [-0.05, 0) is 42.5 Å². The molecule has 0 saturated carbocycles. The molecule has 144 valence electrons. The smallest absolute Gasteiger partial charge is 0.268 e. The fourth-order valence-electron chi connectivity index (χ4n) is 2.80. The van der Waals surface area contributed by atoms with Crippen molar-refractivity contribution < 1.29 is 4.79 Å². The molecule has 0 bridgehead atoms. The number of aromatic nitrogens is 3. The molecular weight excluding hydrogens is 408 g/mol. The number of halogens is 1. The highest BCUT2D eigenvalue weighted by Gasteiger charge is 2.15. The number of hydrogen-bond donors (Lipinski definition) is 1. The van der Waals surface area contributed by atoms with Crippen LogP contribution in [0, 0.1) is 0 Å². The van der Waals surface area contributed by atoms with Crippen molar-refractivity contribution in [1.29, 1.82) is 0 Å². The molecule has 0 unspecified atom stereocenters. The zero-order valence-corrected chi connectivity index (χ0v) is 16.7. The van der Waals surface area contributed by atoms with Crippen molar-refractivity contribution in [2.45, 2.75) is 5.16 Å². The number of hydrogen-bond acceptors (Lipinski definition) is 5. The summed E-state index contributed by atoms with van der Waals surface area (Å²) in [6, 6.07) is 19.5. The SMILES string of the molecule is O=C(CSc1nc2ncccc2c(=O)n1-c1ccccc1)Nc1cccc(Cl)c1. The number of pyridine rings is 1. The van der Waals surface area contributed by atoms with Crippen LogP contribution in [-0.4, -0.2) is 26.2 Å². The molecule has 2 aromatic heterocycles. The summed E-state index contributed by atoms with van der Waals surface area (Å²) in [7, 11) is 0. The van der Waals surface area contributed by atoms with Crippen LogP contribution in [0.25, 0.3) is 16.7 Å². The van der Waals surface area contributed by atoms with Gasteiger partial charge in [0.25, 0.3) is 5.56 Å². The number of fused-ring (bicyclic) bond motifs is 1. The second-order valence-corrected chi connectivity index (χ2v) is 7.47. The van der Waals surface area contributed by atoms with Crippen LogP contribution in [0.2, 0.25) is 5.02 Å². The van der Waals surface area contributed by atoms with Crippen molar-refractivity contribution in [3.05, 3.63) is 88.3 Å². The maximum absolute atomic E-state index is 13.1. The van der Waals surface area contributed by atoms with Crippen LogP contribution in [0.3, 0.4) is 0 Å². The van der Waals surface area contributed by atoms with E-state index in [1.54, 1.807) is 42.6 Å². The number of benzene rings is 2. The minimum Gasteiger partial charge on any atom is -0.325 e. The van der Waals surface area contributed by atoms with Gasteiger partial charge in [0.05, 0.1) is 16.8 Å². The standard InChI is InChI=1S/C21H15ClN4O2S/c22-14-6-4-7-15(12-14)24-18(27)13-29-21-25-19-17(10-5-11-23-19)20(28)26(21)16-8-2-1-3-9-16/h1-12H,13H2,(H,24,27). The van der Waals surface area contributed by atoms with Crippen molar-refractivity contribution >= 4 is 46.0 Å². The van der Waals surface area contributed by atoms with Crippen LogP contribution < -0.4 is 10.9 Å². The number of para-hydroxylation sites is 1. The van der Waals surface area contributed by atoms with Crippen LogP contribution >= 0.6 is 23.4 Å². The topological polar surface area (TPSA) is 76.9 Å². The number of nitrogens with one attached hydrogen (secondary N) is 1. The third-order valence-electron chi connectivity index (χ3n) is 4.07. The zero-order chi connectivity index (χ0) is 20.2. The summed E-state index contributed by atoms with van der Waals surface area (Å²) in [4.78, 5) is 34.2. The van der Waals surface area contributed by atoms with Gasteiger partial charge in [0.15, 0.2) is 10.8 Å². The summed E-state index contributed by atoms with van der Waals surface area (Å²) in [6.07, 6.45) is 1.59. The second-order valence-electron chi connectivity index (χ2n) is 6.09. The molecule has 0 spiro atoms. The molecule has 0 radical (unpaired) electrons. The van der Waals surface area contributed by atoms with Gasteiger partial charge in [-0.3, -0.25) is 14.2 Å². The quantitative estimate of drug-likeness (QED) is 0.386. The molecule has 0 aliphatic rings. The van der Waals surface area contributed by atoms with Crippen LogP contribution in [0.4, 0.5) is 5.69 Å². The van der Waals surface area contributed by atoms with Crippen molar-refractivity contribution in [3.8, 4) is 5.69 Å². The Labute approximate surface area is 175 Å². The molecule has 0 aliphatic heterocycles.